The van der Waals surface area contributed by atoms with E-state index in [-0.39, 0.29) is 5.82 Å². The predicted octanol–water partition coefficient (Wildman–Crippen LogP) is 2.67. The average molecular weight is 276 g/mol. The molecule has 0 aliphatic carbocycles. The summed E-state index contributed by atoms with van der Waals surface area (Å²) in [6.45, 7) is 0. The zero-order chi connectivity index (χ0) is 13.3. The molecular weight excluding hydrogens is 271 g/mol. The second-order valence-electron chi connectivity index (χ2n) is 3.28. The molecule has 2 heterocycles. The van der Waals surface area contributed by atoms with Crippen molar-refractivity contribution in [1.29, 1.82) is 0 Å². The van der Waals surface area contributed by atoms with E-state index in [2.05, 4.69) is 10.1 Å². The zero-order valence-corrected chi connectivity index (χ0v) is 9.40. The molecule has 0 aromatic carbocycles. The number of carbonyl (C=O) groups is 1. The van der Waals surface area contributed by atoms with Gasteiger partial charge in [0.15, 0.2) is 11.5 Å². The quantitative estimate of drug-likeness (QED) is 0.792. The van der Waals surface area contributed by atoms with Crippen LogP contribution in [0.1, 0.15) is 16.1 Å². The number of halogens is 4. The van der Waals surface area contributed by atoms with Gasteiger partial charge in [-0.1, -0.05) is 6.07 Å². The SMILES string of the molecule is O=C(Cl)c1cnn(-c2ccccn2)c1C(F)(F)F. The molecule has 0 amide bonds. The highest BCUT2D eigenvalue weighted by Crippen LogP contribution is 2.33. The van der Waals surface area contributed by atoms with Gasteiger partial charge in [-0.15, -0.1) is 0 Å². The van der Waals surface area contributed by atoms with Crippen LogP contribution in [0.2, 0.25) is 0 Å². The Morgan fingerprint density at radius 3 is 2.56 bits per heavy atom. The lowest BCUT2D eigenvalue weighted by Gasteiger charge is -2.10. The minimum atomic E-state index is -4.76. The summed E-state index contributed by atoms with van der Waals surface area (Å²) < 4.78 is 39.2. The topological polar surface area (TPSA) is 47.8 Å². The fourth-order valence-corrected chi connectivity index (χ4v) is 1.56. The number of hydrogen-bond acceptors (Lipinski definition) is 3. The molecule has 2 aromatic heterocycles. The summed E-state index contributed by atoms with van der Waals surface area (Å²) in [4.78, 5) is 14.7. The van der Waals surface area contributed by atoms with Gasteiger partial charge in [-0.05, 0) is 23.7 Å². The van der Waals surface area contributed by atoms with Gasteiger partial charge >= 0.3 is 6.18 Å². The van der Waals surface area contributed by atoms with Crippen LogP contribution in [0.15, 0.2) is 30.6 Å². The maximum Gasteiger partial charge on any atom is 0.434 e. The summed E-state index contributed by atoms with van der Waals surface area (Å²) in [5.41, 5.74) is -1.93. The highest BCUT2D eigenvalue weighted by molar-refractivity contribution is 6.67. The molecule has 94 valence electrons. The monoisotopic (exact) mass is 275 g/mol. The van der Waals surface area contributed by atoms with Crippen LogP contribution < -0.4 is 0 Å². The Kier molecular flexibility index (Phi) is 3.08. The highest BCUT2D eigenvalue weighted by Gasteiger charge is 2.40. The number of rotatable bonds is 2. The number of alkyl halides is 3. The average Bonchev–Trinajstić information content (AvgIpc) is 2.74. The van der Waals surface area contributed by atoms with E-state index in [1.54, 1.807) is 6.07 Å². The van der Waals surface area contributed by atoms with Crippen molar-refractivity contribution in [3.63, 3.8) is 0 Å². The van der Waals surface area contributed by atoms with Gasteiger partial charge in [0.1, 0.15) is 0 Å². The van der Waals surface area contributed by atoms with Gasteiger partial charge in [-0.25, -0.2) is 9.67 Å². The van der Waals surface area contributed by atoms with E-state index in [1.807, 2.05) is 0 Å². The molecule has 4 nitrogen and oxygen atoms in total. The maximum absolute atomic E-state index is 12.9. The number of pyridine rings is 1. The Morgan fingerprint density at radius 2 is 2.06 bits per heavy atom. The summed E-state index contributed by atoms with van der Waals surface area (Å²) in [6, 6.07) is 4.39. The number of carbonyl (C=O) groups excluding carboxylic acids is 1. The number of hydrogen-bond donors (Lipinski definition) is 0. The molecule has 8 heteroatoms. The third kappa shape index (κ3) is 2.21. The van der Waals surface area contributed by atoms with Crippen molar-refractivity contribution in [2.24, 2.45) is 0 Å². The molecule has 0 radical (unpaired) electrons. The molecule has 2 aromatic rings. The lowest BCUT2D eigenvalue weighted by atomic mass is 10.2. The molecule has 0 N–H and O–H groups in total. The van der Waals surface area contributed by atoms with Crippen LogP contribution in [0, 0.1) is 0 Å². The van der Waals surface area contributed by atoms with E-state index in [4.69, 9.17) is 11.6 Å². The van der Waals surface area contributed by atoms with Crippen molar-refractivity contribution in [1.82, 2.24) is 14.8 Å². The van der Waals surface area contributed by atoms with E-state index in [0.717, 1.165) is 6.20 Å². The minimum Gasteiger partial charge on any atom is -0.275 e. The first-order valence-electron chi connectivity index (χ1n) is 4.67. The first-order chi connectivity index (χ1) is 8.41. The van der Waals surface area contributed by atoms with E-state index in [9.17, 15) is 18.0 Å². The lowest BCUT2D eigenvalue weighted by molar-refractivity contribution is -0.143. The molecule has 0 spiro atoms. The molecule has 0 fully saturated rings. The molecule has 0 atom stereocenters. The van der Waals surface area contributed by atoms with Crippen LogP contribution in [-0.4, -0.2) is 20.0 Å². The summed E-state index contributed by atoms with van der Waals surface area (Å²) in [7, 11) is 0. The maximum atomic E-state index is 12.9. The molecule has 0 aliphatic rings. The third-order valence-electron chi connectivity index (χ3n) is 2.12. The molecule has 2 rings (SSSR count). The summed E-state index contributed by atoms with van der Waals surface area (Å²) >= 11 is 5.10. The van der Waals surface area contributed by atoms with E-state index < -0.39 is 22.7 Å². The fourth-order valence-electron chi connectivity index (χ4n) is 1.42. The first kappa shape index (κ1) is 12.6. The third-order valence-corrected chi connectivity index (χ3v) is 2.32. The van der Waals surface area contributed by atoms with Gasteiger partial charge in [-0.2, -0.15) is 18.3 Å². The van der Waals surface area contributed by atoms with E-state index in [0.29, 0.717) is 4.68 Å². The summed E-state index contributed by atoms with van der Waals surface area (Å²) in [5.74, 6) is -0.0472. The molecular formula is C10H5ClF3N3O. The standard InChI is InChI=1S/C10H5ClF3N3O/c11-9(18)6-5-16-17(8(6)10(12,13)14)7-3-1-2-4-15-7/h1-5H. The van der Waals surface area contributed by atoms with Crippen molar-refractivity contribution < 1.29 is 18.0 Å². The Morgan fingerprint density at radius 1 is 1.33 bits per heavy atom. The van der Waals surface area contributed by atoms with Gasteiger partial charge in [0.05, 0.1) is 11.8 Å². The largest absolute Gasteiger partial charge is 0.434 e. The van der Waals surface area contributed by atoms with Crippen molar-refractivity contribution in [3.8, 4) is 5.82 Å². The van der Waals surface area contributed by atoms with Crippen molar-refractivity contribution in [2.75, 3.05) is 0 Å². The molecule has 0 saturated heterocycles. The van der Waals surface area contributed by atoms with Gasteiger partial charge in [-0.3, -0.25) is 4.79 Å². The Hall–Kier alpha value is -1.89. The Bertz CT molecular complexity index is 580. The first-order valence-corrected chi connectivity index (χ1v) is 5.05. The second kappa shape index (κ2) is 4.41. The smallest absolute Gasteiger partial charge is 0.275 e. The second-order valence-corrected chi connectivity index (χ2v) is 3.62. The van der Waals surface area contributed by atoms with Gasteiger partial charge in [0.2, 0.25) is 0 Å². The van der Waals surface area contributed by atoms with E-state index in [1.165, 1.54) is 18.3 Å². The van der Waals surface area contributed by atoms with Gasteiger partial charge in [0.25, 0.3) is 5.24 Å². The van der Waals surface area contributed by atoms with Crippen LogP contribution in [0.25, 0.3) is 5.82 Å². The normalized spacial score (nSPS) is 11.6. The van der Waals surface area contributed by atoms with Gasteiger partial charge in [0, 0.05) is 6.20 Å². The number of nitrogens with zero attached hydrogens (tertiary/aromatic N) is 3. The highest BCUT2D eigenvalue weighted by atomic mass is 35.5. The summed E-state index contributed by atoms with van der Waals surface area (Å²) in [5, 5.41) is 2.28. The van der Waals surface area contributed by atoms with Gasteiger partial charge < -0.3 is 0 Å². The van der Waals surface area contributed by atoms with Crippen molar-refractivity contribution in [3.05, 3.63) is 41.9 Å². The van der Waals surface area contributed by atoms with Crippen LogP contribution in [0.3, 0.4) is 0 Å². The van der Waals surface area contributed by atoms with Crippen LogP contribution in [0.4, 0.5) is 13.2 Å². The zero-order valence-electron chi connectivity index (χ0n) is 8.65. The van der Waals surface area contributed by atoms with Crippen LogP contribution >= 0.6 is 11.6 Å². The van der Waals surface area contributed by atoms with E-state index >= 15 is 0 Å². The van der Waals surface area contributed by atoms with Crippen molar-refractivity contribution >= 4 is 16.8 Å². The Balaban J connectivity index is 2.67. The van der Waals surface area contributed by atoms with Crippen molar-refractivity contribution in [2.45, 2.75) is 6.18 Å². The fraction of sp³-hybridized carbons (Fsp3) is 0.100. The predicted molar refractivity (Wildman–Crippen MR) is 56.5 cm³/mol. The van der Waals surface area contributed by atoms with Crippen LogP contribution in [-0.2, 0) is 6.18 Å². The van der Waals surface area contributed by atoms with Crippen LogP contribution in [0.5, 0.6) is 0 Å². The minimum absolute atomic E-state index is 0.0472. The molecule has 18 heavy (non-hydrogen) atoms. The Labute approximate surface area is 104 Å². The lowest BCUT2D eigenvalue weighted by Crippen LogP contribution is -2.17. The molecule has 0 unspecified atom stereocenters. The molecule has 0 saturated carbocycles. The molecule has 0 bridgehead atoms. The summed E-state index contributed by atoms with van der Waals surface area (Å²) in [6.07, 6.45) is -2.67. The molecule has 0 aliphatic heterocycles. The number of aromatic nitrogens is 3.